The summed E-state index contributed by atoms with van der Waals surface area (Å²) in [6, 6.07) is 7.98. The fourth-order valence-electron chi connectivity index (χ4n) is 2.98. The molecule has 1 aromatic heterocycles. The average molecular weight is 357 g/mol. The number of carbonyl (C=O) groups is 1. The zero-order chi connectivity index (χ0) is 18.5. The Morgan fingerprint density at radius 1 is 1.38 bits per heavy atom. The number of rotatable bonds is 6. The van der Waals surface area contributed by atoms with Crippen LogP contribution in [0.4, 0.5) is 21.8 Å². The number of halogens is 1. The first-order valence-corrected chi connectivity index (χ1v) is 9.00. The Morgan fingerprint density at radius 3 is 2.96 bits per heavy atom. The van der Waals surface area contributed by atoms with Crippen LogP contribution in [0.5, 0.6) is 0 Å². The van der Waals surface area contributed by atoms with Gasteiger partial charge in [-0.15, -0.1) is 0 Å². The third-order valence-corrected chi connectivity index (χ3v) is 4.59. The van der Waals surface area contributed by atoms with Gasteiger partial charge in [-0.3, -0.25) is 4.79 Å². The van der Waals surface area contributed by atoms with Gasteiger partial charge in [-0.05, 0) is 44.4 Å². The lowest BCUT2D eigenvalue weighted by Crippen LogP contribution is -2.46. The Kier molecular flexibility index (Phi) is 5.65. The van der Waals surface area contributed by atoms with Crippen LogP contribution in [0.1, 0.15) is 33.1 Å². The SMILES string of the molecule is CCC(C)NC(=O)C1CCCN1c1nccc(Nc2ccccc2F)n1. The maximum Gasteiger partial charge on any atom is 0.243 e. The highest BCUT2D eigenvalue weighted by molar-refractivity contribution is 5.85. The number of hydrogen-bond donors (Lipinski definition) is 2. The minimum Gasteiger partial charge on any atom is -0.352 e. The Hall–Kier alpha value is -2.70. The highest BCUT2D eigenvalue weighted by atomic mass is 19.1. The third-order valence-electron chi connectivity index (χ3n) is 4.59. The monoisotopic (exact) mass is 357 g/mol. The molecular weight excluding hydrogens is 333 g/mol. The summed E-state index contributed by atoms with van der Waals surface area (Å²) in [5.74, 6) is 0.633. The van der Waals surface area contributed by atoms with Crippen LogP contribution in [-0.4, -0.2) is 34.5 Å². The lowest BCUT2D eigenvalue weighted by molar-refractivity contribution is -0.122. The van der Waals surface area contributed by atoms with Crippen molar-refractivity contribution >= 4 is 23.4 Å². The highest BCUT2D eigenvalue weighted by Crippen LogP contribution is 2.25. The number of anilines is 3. The molecule has 0 saturated carbocycles. The zero-order valence-electron chi connectivity index (χ0n) is 15.1. The topological polar surface area (TPSA) is 70.2 Å². The van der Waals surface area contributed by atoms with Gasteiger partial charge in [0.25, 0.3) is 0 Å². The van der Waals surface area contributed by atoms with Crippen LogP contribution >= 0.6 is 0 Å². The largest absolute Gasteiger partial charge is 0.352 e. The van der Waals surface area contributed by atoms with Gasteiger partial charge in [0.05, 0.1) is 5.69 Å². The van der Waals surface area contributed by atoms with E-state index < -0.39 is 0 Å². The molecule has 2 heterocycles. The molecule has 1 aliphatic rings. The molecule has 7 heteroatoms. The molecule has 6 nitrogen and oxygen atoms in total. The van der Waals surface area contributed by atoms with Crippen molar-refractivity contribution in [2.75, 3.05) is 16.8 Å². The minimum absolute atomic E-state index is 0.00733. The fraction of sp³-hybridized carbons (Fsp3) is 0.421. The van der Waals surface area contributed by atoms with Crippen molar-refractivity contribution in [2.24, 2.45) is 0 Å². The quantitative estimate of drug-likeness (QED) is 0.830. The summed E-state index contributed by atoms with van der Waals surface area (Å²) >= 11 is 0. The fourth-order valence-corrected chi connectivity index (χ4v) is 2.98. The molecule has 1 fully saturated rings. The number of nitrogens with one attached hydrogen (secondary N) is 2. The van der Waals surface area contributed by atoms with E-state index in [-0.39, 0.29) is 23.8 Å². The van der Waals surface area contributed by atoms with Gasteiger partial charge in [-0.2, -0.15) is 4.98 Å². The summed E-state index contributed by atoms with van der Waals surface area (Å²) < 4.78 is 13.8. The van der Waals surface area contributed by atoms with Crippen LogP contribution in [0.25, 0.3) is 0 Å². The van der Waals surface area contributed by atoms with E-state index in [0.29, 0.717) is 17.5 Å². The third kappa shape index (κ3) is 4.09. The molecule has 0 spiro atoms. The molecule has 26 heavy (non-hydrogen) atoms. The van der Waals surface area contributed by atoms with E-state index in [1.165, 1.54) is 6.07 Å². The van der Waals surface area contributed by atoms with Crippen LogP contribution in [0.15, 0.2) is 36.5 Å². The van der Waals surface area contributed by atoms with Crippen molar-refractivity contribution in [3.8, 4) is 0 Å². The van der Waals surface area contributed by atoms with E-state index >= 15 is 0 Å². The number of aromatic nitrogens is 2. The molecule has 1 aromatic carbocycles. The first-order chi connectivity index (χ1) is 12.6. The number of nitrogens with zero attached hydrogens (tertiary/aromatic N) is 3. The molecule has 0 radical (unpaired) electrons. The van der Waals surface area contributed by atoms with E-state index in [9.17, 15) is 9.18 Å². The molecule has 1 saturated heterocycles. The summed E-state index contributed by atoms with van der Waals surface area (Å²) in [5, 5.41) is 6.00. The zero-order valence-corrected chi connectivity index (χ0v) is 15.1. The maximum absolute atomic E-state index is 13.8. The van der Waals surface area contributed by atoms with Gasteiger partial charge in [0.2, 0.25) is 11.9 Å². The second-order valence-corrected chi connectivity index (χ2v) is 6.52. The number of carbonyl (C=O) groups excluding carboxylic acids is 1. The second-order valence-electron chi connectivity index (χ2n) is 6.52. The Bertz CT molecular complexity index is 769. The van der Waals surface area contributed by atoms with E-state index in [0.717, 1.165) is 25.8 Å². The first-order valence-electron chi connectivity index (χ1n) is 9.00. The van der Waals surface area contributed by atoms with E-state index in [4.69, 9.17) is 0 Å². The van der Waals surface area contributed by atoms with Gasteiger partial charge in [-0.1, -0.05) is 19.1 Å². The predicted octanol–water partition coefficient (Wildman–Crippen LogP) is 3.24. The van der Waals surface area contributed by atoms with Gasteiger partial charge >= 0.3 is 0 Å². The smallest absolute Gasteiger partial charge is 0.243 e. The summed E-state index contributed by atoms with van der Waals surface area (Å²) in [6.07, 6.45) is 4.19. The molecule has 0 bridgehead atoms. The molecule has 1 amide bonds. The molecule has 2 atom stereocenters. The molecule has 3 rings (SSSR count). The molecule has 0 aliphatic carbocycles. The Labute approximate surface area is 152 Å². The molecule has 138 valence electrons. The molecule has 2 N–H and O–H groups in total. The lowest BCUT2D eigenvalue weighted by atomic mass is 10.2. The van der Waals surface area contributed by atoms with Crippen molar-refractivity contribution < 1.29 is 9.18 Å². The van der Waals surface area contributed by atoms with Crippen molar-refractivity contribution in [1.29, 1.82) is 0 Å². The summed E-state index contributed by atoms with van der Waals surface area (Å²) in [7, 11) is 0. The number of hydrogen-bond acceptors (Lipinski definition) is 5. The average Bonchev–Trinajstić information content (AvgIpc) is 3.14. The first kappa shape index (κ1) is 18.1. The summed E-state index contributed by atoms with van der Waals surface area (Å²) in [6.45, 7) is 4.76. The molecule has 2 aromatic rings. The normalized spacial score (nSPS) is 17.8. The van der Waals surface area contributed by atoms with Crippen molar-refractivity contribution in [2.45, 2.75) is 45.2 Å². The predicted molar refractivity (Wildman–Crippen MR) is 100.0 cm³/mol. The Balaban J connectivity index is 1.76. The standard InChI is InChI=1S/C19H24FN5O/c1-3-13(2)22-18(26)16-9-6-12-25(16)19-21-11-10-17(24-19)23-15-8-5-4-7-14(15)20/h4-5,7-8,10-11,13,16H,3,6,9,12H2,1-2H3,(H,22,26)(H,21,23,24). The van der Waals surface area contributed by atoms with Gasteiger partial charge in [0, 0.05) is 18.8 Å². The minimum atomic E-state index is -0.348. The van der Waals surface area contributed by atoms with Crippen LogP contribution in [0.2, 0.25) is 0 Å². The van der Waals surface area contributed by atoms with E-state index in [2.05, 4.69) is 20.6 Å². The van der Waals surface area contributed by atoms with Gasteiger partial charge in [0.1, 0.15) is 17.7 Å². The van der Waals surface area contributed by atoms with Gasteiger partial charge in [0.15, 0.2) is 0 Å². The number of para-hydroxylation sites is 1. The van der Waals surface area contributed by atoms with Crippen molar-refractivity contribution in [1.82, 2.24) is 15.3 Å². The molecule has 1 aliphatic heterocycles. The van der Waals surface area contributed by atoms with Crippen LogP contribution in [-0.2, 0) is 4.79 Å². The summed E-state index contributed by atoms with van der Waals surface area (Å²) in [4.78, 5) is 23.3. The van der Waals surface area contributed by atoms with Crippen molar-refractivity contribution in [3.05, 3.63) is 42.3 Å². The van der Waals surface area contributed by atoms with Crippen molar-refractivity contribution in [3.63, 3.8) is 0 Å². The van der Waals surface area contributed by atoms with Crippen LogP contribution in [0.3, 0.4) is 0 Å². The van der Waals surface area contributed by atoms with E-state index in [1.807, 2.05) is 18.7 Å². The lowest BCUT2D eigenvalue weighted by Gasteiger charge is -2.25. The van der Waals surface area contributed by atoms with Gasteiger partial charge in [-0.25, -0.2) is 9.37 Å². The maximum atomic E-state index is 13.8. The number of amides is 1. The van der Waals surface area contributed by atoms with E-state index in [1.54, 1.807) is 30.5 Å². The highest BCUT2D eigenvalue weighted by Gasteiger charge is 2.32. The second kappa shape index (κ2) is 8.12. The number of benzene rings is 1. The Morgan fingerprint density at radius 2 is 2.19 bits per heavy atom. The van der Waals surface area contributed by atoms with Crippen LogP contribution < -0.4 is 15.5 Å². The van der Waals surface area contributed by atoms with Gasteiger partial charge < -0.3 is 15.5 Å². The summed E-state index contributed by atoms with van der Waals surface area (Å²) in [5.41, 5.74) is 0.352. The molecule has 2 unspecified atom stereocenters. The van der Waals surface area contributed by atoms with Crippen LogP contribution in [0, 0.1) is 5.82 Å². The molecular formula is C19H24FN5O.